The molecule has 5 heteroatoms. The minimum absolute atomic E-state index is 0.717. The molecular weight excluding hydrogens is 386 g/mol. The molecule has 0 saturated heterocycles. The molecule has 0 atom stereocenters. The van der Waals surface area contributed by atoms with Crippen LogP contribution in [-0.2, 0) is 12.8 Å². The van der Waals surface area contributed by atoms with Crippen molar-refractivity contribution in [2.75, 3.05) is 5.32 Å². The zero-order valence-electron chi connectivity index (χ0n) is 15.6. The van der Waals surface area contributed by atoms with Gasteiger partial charge in [0.25, 0.3) is 0 Å². The van der Waals surface area contributed by atoms with E-state index in [9.17, 15) is 0 Å². The van der Waals surface area contributed by atoms with Gasteiger partial charge in [-0.3, -0.25) is 0 Å². The predicted octanol–water partition coefficient (Wildman–Crippen LogP) is 6.94. The Kier molecular flexibility index (Phi) is 4.53. The smallest absolute Gasteiger partial charge is 0.163 e. The Labute approximate surface area is 173 Å². The zero-order valence-corrected chi connectivity index (χ0v) is 17.2. The van der Waals surface area contributed by atoms with Gasteiger partial charge >= 0.3 is 0 Å². The first-order valence-corrected chi connectivity index (χ1v) is 10.8. The minimum Gasteiger partial charge on any atom is -0.340 e. The first-order valence-electron chi connectivity index (χ1n) is 9.59. The molecule has 1 N–H and O–H groups in total. The van der Waals surface area contributed by atoms with E-state index >= 15 is 0 Å². The highest BCUT2D eigenvalue weighted by atomic mass is 35.5. The molecule has 2 aromatic carbocycles. The van der Waals surface area contributed by atoms with Crippen LogP contribution in [0.5, 0.6) is 0 Å². The van der Waals surface area contributed by atoms with Crippen LogP contribution in [0.1, 0.15) is 28.8 Å². The second-order valence-corrected chi connectivity index (χ2v) is 8.80. The Hall–Kier alpha value is -2.43. The van der Waals surface area contributed by atoms with E-state index in [4.69, 9.17) is 21.6 Å². The largest absolute Gasteiger partial charge is 0.340 e. The monoisotopic (exact) mass is 405 g/mol. The van der Waals surface area contributed by atoms with Crippen molar-refractivity contribution in [3.05, 3.63) is 69.6 Å². The highest BCUT2D eigenvalue weighted by Crippen LogP contribution is 2.40. The summed E-state index contributed by atoms with van der Waals surface area (Å²) >= 11 is 7.88. The van der Waals surface area contributed by atoms with Crippen molar-refractivity contribution < 1.29 is 0 Å². The van der Waals surface area contributed by atoms with Gasteiger partial charge in [-0.15, -0.1) is 11.3 Å². The van der Waals surface area contributed by atoms with E-state index in [0.29, 0.717) is 0 Å². The van der Waals surface area contributed by atoms with Gasteiger partial charge in [0.2, 0.25) is 0 Å². The van der Waals surface area contributed by atoms with Gasteiger partial charge in [0.15, 0.2) is 5.82 Å². The summed E-state index contributed by atoms with van der Waals surface area (Å²) in [6, 6.07) is 16.2. The van der Waals surface area contributed by atoms with E-state index < -0.39 is 0 Å². The van der Waals surface area contributed by atoms with Crippen LogP contribution < -0.4 is 5.32 Å². The van der Waals surface area contributed by atoms with Crippen molar-refractivity contribution in [2.45, 2.75) is 32.6 Å². The Morgan fingerprint density at radius 1 is 0.929 bits per heavy atom. The second-order valence-electron chi connectivity index (χ2n) is 7.28. The summed E-state index contributed by atoms with van der Waals surface area (Å²) in [6.07, 6.45) is 4.76. The van der Waals surface area contributed by atoms with Crippen LogP contribution in [0.15, 0.2) is 48.5 Å². The molecule has 0 bridgehead atoms. The summed E-state index contributed by atoms with van der Waals surface area (Å²) in [4.78, 5) is 12.4. The van der Waals surface area contributed by atoms with Crippen molar-refractivity contribution in [1.29, 1.82) is 0 Å². The number of benzene rings is 2. The molecule has 4 aromatic rings. The highest BCUT2D eigenvalue weighted by Gasteiger charge is 2.21. The van der Waals surface area contributed by atoms with Crippen LogP contribution in [-0.4, -0.2) is 9.97 Å². The van der Waals surface area contributed by atoms with Gasteiger partial charge in [0, 0.05) is 21.2 Å². The van der Waals surface area contributed by atoms with Crippen molar-refractivity contribution >= 4 is 44.7 Å². The number of thiophene rings is 1. The van der Waals surface area contributed by atoms with Gasteiger partial charge in [-0.25, -0.2) is 9.97 Å². The average molecular weight is 406 g/mol. The number of hydrogen-bond acceptors (Lipinski definition) is 4. The molecular formula is C23H20ClN3S. The van der Waals surface area contributed by atoms with E-state index in [1.807, 2.05) is 35.6 Å². The summed E-state index contributed by atoms with van der Waals surface area (Å²) in [5.74, 6) is 1.63. The van der Waals surface area contributed by atoms with Crippen molar-refractivity contribution in [1.82, 2.24) is 9.97 Å². The molecule has 3 nitrogen and oxygen atoms in total. The Morgan fingerprint density at radius 3 is 2.46 bits per heavy atom. The van der Waals surface area contributed by atoms with Gasteiger partial charge in [-0.1, -0.05) is 29.3 Å². The lowest BCUT2D eigenvalue weighted by Gasteiger charge is -2.13. The fourth-order valence-electron chi connectivity index (χ4n) is 3.75. The Balaban J connectivity index is 1.68. The molecule has 0 aliphatic heterocycles. The van der Waals surface area contributed by atoms with Gasteiger partial charge in [0.1, 0.15) is 10.6 Å². The average Bonchev–Trinajstić information content (AvgIpc) is 3.09. The Morgan fingerprint density at radius 2 is 1.68 bits per heavy atom. The third-order valence-electron chi connectivity index (χ3n) is 5.23. The minimum atomic E-state index is 0.717. The first-order chi connectivity index (χ1) is 13.7. The molecule has 2 aromatic heterocycles. The molecule has 0 spiro atoms. The second kappa shape index (κ2) is 7.19. The molecule has 0 saturated carbocycles. The molecule has 28 heavy (non-hydrogen) atoms. The van der Waals surface area contributed by atoms with Crippen LogP contribution in [0.2, 0.25) is 5.02 Å². The van der Waals surface area contributed by atoms with Gasteiger partial charge in [-0.05, 0) is 74.6 Å². The number of rotatable bonds is 3. The van der Waals surface area contributed by atoms with Crippen molar-refractivity contribution in [3.8, 4) is 11.4 Å². The third-order valence-corrected chi connectivity index (χ3v) is 6.67. The zero-order chi connectivity index (χ0) is 19.1. The van der Waals surface area contributed by atoms with Crippen LogP contribution in [0, 0.1) is 6.92 Å². The molecule has 0 amide bonds. The number of hydrogen-bond donors (Lipinski definition) is 1. The van der Waals surface area contributed by atoms with Crippen LogP contribution in [0.4, 0.5) is 11.5 Å². The highest BCUT2D eigenvalue weighted by molar-refractivity contribution is 7.19. The Bertz CT molecular complexity index is 1150. The third kappa shape index (κ3) is 3.27. The molecule has 0 fully saturated rings. The van der Waals surface area contributed by atoms with Crippen LogP contribution in [0.3, 0.4) is 0 Å². The van der Waals surface area contributed by atoms with Crippen LogP contribution in [0.25, 0.3) is 21.6 Å². The lowest BCUT2D eigenvalue weighted by atomic mass is 9.97. The maximum absolute atomic E-state index is 6.06. The van der Waals surface area contributed by atoms with Gasteiger partial charge in [0.05, 0.1) is 5.39 Å². The van der Waals surface area contributed by atoms with E-state index in [1.165, 1.54) is 34.2 Å². The summed E-state index contributed by atoms with van der Waals surface area (Å²) in [6.45, 7) is 2.10. The number of aromatic nitrogens is 2. The fraction of sp³-hybridized carbons (Fsp3) is 0.217. The van der Waals surface area contributed by atoms with E-state index in [1.54, 1.807) is 0 Å². The number of halogens is 1. The normalized spacial score (nSPS) is 13.5. The summed E-state index contributed by atoms with van der Waals surface area (Å²) in [5.41, 5.74) is 4.70. The lowest BCUT2D eigenvalue weighted by Crippen LogP contribution is -2.02. The van der Waals surface area contributed by atoms with Gasteiger partial charge < -0.3 is 5.32 Å². The quantitative estimate of drug-likeness (QED) is 0.401. The molecule has 1 aliphatic rings. The fourth-order valence-corrected chi connectivity index (χ4v) is 5.14. The summed E-state index contributed by atoms with van der Waals surface area (Å²) < 4.78 is 0. The number of fused-ring (bicyclic) bond motifs is 3. The molecule has 0 unspecified atom stereocenters. The SMILES string of the molecule is Cc1ccc(Nc2nc(-c3ccc(Cl)cc3)nc3sc4c(c23)CCCC4)cc1. The topological polar surface area (TPSA) is 37.8 Å². The molecule has 140 valence electrons. The van der Waals surface area contributed by atoms with E-state index in [0.717, 1.165) is 45.6 Å². The number of anilines is 2. The molecule has 5 rings (SSSR count). The summed E-state index contributed by atoms with van der Waals surface area (Å²) in [5, 5.41) is 5.47. The predicted molar refractivity (Wildman–Crippen MR) is 119 cm³/mol. The first kappa shape index (κ1) is 17.7. The van der Waals surface area contributed by atoms with Crippen LogP contribution >= 0.6 is 22.9 Å². The van der Waals surface area contributed by atoms with Crippen molar-refractivity contribution in [2.24, 2.45) is 0 Å². The van der Waals surface area contributed by atoms with E-state index in [-0.39, 0.29) is 0 Å². The van der Waals surface area contributed by atoms with Crippen molar-refractivity contribution in [3.63, 3.8) is 0 Å². The van der Waals surface area contributed by atoms with Gasteiger partial charge in [-0.2, -0.15) is 0 Å². The number of nitrogens with one attached hydrogen (secondary N) is 1. The standard InChI is InChI=1S/C23H20ClN3S/c1-14-6-12-17(13-7-14)25-22-20-18-4-2-3-5-19(18)28-23(20)27-21(26-22)15-8-10-16(24)11-9-15/h6-13H,2-5H2,1H3,(H,25,26,27). The maximum Gasteiger partial charge on any atom is 0.163 e. The number of nitrogens with zero attached hydrogens (tertiary/aromatic N) is 2. The molecule has 2 heterocycles. The molecule has 0 radical (unpaired) electrons. The molecule has 1 aliphatic carbocycles. The maximum atomic E-state index is 6.06. The number of aryl methyl sites for hydroxylation is 3. The van der Waals surface area contributed by atoms with E-state index in [2.05, 4.69) is 36.5 Å². The summed E-state index contributed by atoms with van der Waals surface area (Å²) in [7, 11) is 0. The lowest BCUT2D eigenvalue weighted by molar-refractivity contribution is 0.700.